The van der Waals surface area contributed by atoms with Gasteiger partial charge in [0.1, 0.15) is 5.82 Å². The third kappa shape index (κ3) is 3.17. The highest BCUT2D eigenvalue weighted by molar-refractivity contribution is 5.83. The van der Waals surface area contributed by atoms with E-state index in [1.54, 1.807) is 6.07 Å². The van der Waals surface area contributed by atoms with Gasteiger partial charge in [-0.2, -0.15) is 0 Å². The second kappa shape index (κ2) is 6.28. The van der Waals surface area contributed by atoms with Gasteiger partial charge in [0, 0.05) is 19.1 Å². The quantitative estimate of drug-likeness (QED) is 0.921. The third-order valence-electron chi connectivity index (χ3n) is 3.97. The summed E-state index contributed by atoms with van der Waals surface area (Å²) in [7, 11) is 1.52. The van der Waals surface area contributed by atoms with Gasteiger partial charge < -0.3 is 10.1 Å². The zero-order chi connectivity index (χ0) is 15.5. The molecule has 1 aliphatic rings. The topological polar surface area (TPSA) is 38.3 Å². The van der Waals surface area contributed by atoms with Crippen molar-refractivity contribution < 1.29 is 13.9 Å². The number of hydrogen-bond donors (Lipinski definition) is 1. The molecule has 0 bridgehead atoms. The van der Waals surface area contributed by atoms with Gasteiger partial charge in [0.05, 0.1) is 0 Å². The average Bonchev–Trinajstić information content (AvgIpc) is 3.28. The van der Waals surface area contributed by atoms with E-state index in [1.807, 2.05) is 36.4 Å². The van der Waals surface area contributed by atoms with Crippen molar-refractivity contribution in [1.29, 1.82) is 0 Å². The Bertz CT molecular complexity index is 659. The first-order chi connectivity index (χ1) is 10.7. The molecule has 1 saturated carbocycles. The molecule has 3 nitrogen and oxygen atoms in total. The Balaban J connectivity index is 1.63. The first-order valence-electron chi connectivity index (χ1n) is 7.32. The maximum Gasteiger partial charge on any atom is 0.253 e. The van der Waals surface area contributed by atoms with Crippen LogP contribution in [0.15, 0.2) is 54.6 Å². The lowest BCUT2D eigenvalue weighted by atomic mass is 10.1. The van der Waals surface area contributed by atoms with Crippen molar-refractivity contribution in [3.8, 4) is 0 Å². The minimum absolute atomic E-state index is 0.0515. The molecule has 3 rings (SSSR count). The van der Waals surface area contributed by atoms with Gasteiger partial charge in [-0.05, 0) is 29.7 Å². The summed E-state index contributed by atoms with van der Waals surface area (Å²) in [6.45, 7) is 0. The van der Waals surface area contributed by atoms with Crippen LogP contribution in [0, 0.1) is 5.82 Å². The molecule has 2 aromatic carbocycles. The molecule has 4 heteroatoms. The van der Waals surface area contributed by atoms with E-state index in [2.05, 4.69) is 5.32 Å². The van der Waals surface area contributed by atoms with Crippen molar-refractivity contribution in [1.82, 2.24) is 5.32 Å². The van der Waals surface area contributed by atoms with Crippen LogP contribution >= 0.6 is 0 Å². The number of carbonyl (C=O) groups excluding carboxylic acids is 1. The highest BCUT2D eigenvalue weighted by atomic mass is 19.1. The largest absolute Gasteiger partial charge is 0.367 e. The lowest BCUT2D eigenvalue weighted by Crippen LogP contribution is -2.32. The normalized spacial score (nSPS) is 21.2. The number of nitrogens with one attached hydrogen (secondary N) is 1. The van der Waals surface area contributed by atoms with Gasteiger partial charge in [0.15, 0.2) is 6.10 Å². The van der Waals surface area contributed by atoms with Crippen LogP contribution in [-0.2, 0) is 9.53 Å². The summed E-state index contributed by atoms with van der Waals surface area (Å²) in [5.41, 5.74) is 1.75. The summed E-state index contributed by atoms with van der Waals surface area (Å²) < 4.78 is 18.6. The number of benzene rings is 2. The van der Waals surface area contributed by atoms with Gasteiger partial charge in [-0.1, -0.05) is 42.5 Å². The van der Waals surface area contributed by atoms with Crippen molar-refractivity contribution in [2.24, 2.45) is 0 Å². The molecule has 1 fully saturated rings. The van der Waals surface area contributed by atoms with Crippen molar-refractivity contribution in [2.75, 3.05) is 7.11 Å². The van der Waals surface area contributed by atoms with Crippen molar-refractivity contribution in [3.63, 3.8) is 0 Å². The Kier molecular flexibility index (Phi) is 4.20. The standard InChI is InChI=1S/C18H18FNO2/c1-22-17(12-6-3-2-4-7-12)18(21)20-16-11-15(16)13-8-5-9-14(19)10-13/h2-10,15-17H,11H2,1H3,(H,20,21). The Morgan fingerprint density at radius 3 is 2.68 bits per heavy atom. The molecule has 0 aromatic heterocycles. The Hall–Kier alpha value is -2.20. The maximum absolute atomic E-state index is 13.2. The van der Waals surface area contributed by atoms with E-state index in [1.165, 1.54) is 19.2 Å². The Morgan fingerprint density at radius 2 is 2.00 bits per heavy atom. The SMILES string of the molecule is COC(C(=O)NC1CC1c1cccc(F)c1)c1ccccc1. The first-order valence-corrected chi connectivity index (χ1v) is 7.32. The molecule has 0 saturated heterocycles. The summed E-state index contributed by atoms with van der Waals surface area (Å²) in [4.78, 5) is 12.4. The highest BCUT2D eigenvalue weighted by Crippen LogP contribution is 2.41. The van der Waals surface area contributed by atoms with Gasteiger partial charge in [0.25, 0.3) is 5.91 Å². The van der Waals surface area contributed by atoms with Crippen molar-refractivity contribution in [2.45, 2.75) is 24.5 Å². The molecule has 0 radical (unpaired) electrons. The molecule has 114 valence electrons. The predicted molar refractivity (Wildman–Crippen MR) is 81.9 cm³/mol. The monoisotopic (exact) mass is 299 g/mol. The van der Waals surface area contributed by atoms with Gasteiger partial charge in [-0.3, -0.25) is 4.79 Å². The van der Waals surface area contributed by atoms with Gasteiger partial charge >= 0.3 is 0 Å². The van der Waals surface area contributed by atoms with Crippen LogP contribution < -0.4 is 5.32 Å². The van der Waals surface area contributed by atoms with Gasteiger partial charge in [0.2, 0.25) is 0 Å². The second-order valence-electron chi connectivity index (χ2n) is 5.54. The second-order valence-corrected chi connectivity index (χ2v) is 5.54. The van der Waals surface area contributed by atoms with Gasteiger partial charge in [-0.25, -0.2) is 4.39 Å². The smallest absolute Gasteiger partial charge is 0.253 e. The molecule has 3 atom stereocenters. The number of amides is 1. The number of hydrogen-bond acceptors (Lipinski definition) is 2. The molecule has 0 heterocycles. The number of carbonyl (C=O) groups is 1. The molecule has 2 aromatic rings. The number of halogens is 1. The molecular formula is C18H18FNO2. The van der Waals surface area contributed by atoms with Crippen LogP contribution in [0.5, 0.6) is 0 Å². The van der Waals surface area contributed by atoms with Crippen LogP contribution in [0.4, 0.5) is 4.39 Å². The van der Waals surface area contributed by atoms with Crippen LogP contribution in [0.3, 0.4) is 0 Å². The maximum atomic E-state index is 13.2. The average molecular weight is 299 g/mol. The molecular weight excluding hydrogens is 281 g/mol. The first kappa shape index (κ1) is 14.7. The minimum Gasteiger partial charge on any atom is -0.367 e. The zero-order valence-corrected chi connectivity index (χ0v) is 12.3. The van der Waals surface area contributed by atoms with E-state index in [9.17, 15) is 9.18 Å². The number of rotatable bonds is 5. The van der Waals surface area contributed by atoms with Crippen LogP contribution in [0.2, 0.25) is 0 Å². The number of methoxy groups -OCH3 is 1. The highest BCUT2D eigenvalue weighted by Gasteiger charge is 2.40. The van der Waals surface area contributed by atoms with E-state index in [0.29, 0.717) is 0 Å². The predicted octanol–water partition coefficient (Wildman–Crippen LogP) is 3.19. The molecule has 0 aliphatic heterocycles. The summed E-state index contributed by atoms with van der Waals surface area (Å²) in [6, 6.07) is 16.0. The van der Waals surface area contributed by atoms with E-state index in [0.717, 1.165) is 17.5 Å². The molecule has 22 heavy (non-hydrogen) atoms. The fraction of sp³-hybridized carbons (Fsp3) is 0.278. The molecule has 1 N–H and O–H groups in total. The molecule has 0 spiro atoms. The lowest BCUT2D eigenvalue weighted by molar-refractivity contribution is -0.131. The Labute approximate surface area is 129 Å². The van der Waals surface area contributed by atoms with Crippen LogP contribution in [-0.4, -0.2) is 19.1 Å². The summed E-state index contributed by atoms with van der Waals surface area (Å²) in [5, 5.41) is 2.99. The summed E-state index contributed by atoms with van der Waals surface area (Å²) >= 11 is 0. The van der Waals surface area contributed by atoms with E-state index >= 15 is 0 Å². The molecule has 1 amide bonds. The summed E-state index contributed by atoms with van der Waals surface area (Å²) in [6.07, 6.45) is 0.218. The van der Waals surface area contributed by atoms with E-state index < -0.39 is 6.10 Å². The van der Waals surface area contributed by atoms with Gasteiger partial charge in [-0.15, -0.1) is 0 Å². The number of ether oxygens (including phenoxy) is 1. The fourth-order valence-corrected chi connectivity index (χ4v) is 2.74. The minimum atomic E-state index is -0.616. The van der Waals surface area contributed by atoms with Crippen molar-refractivity contribution in [3.05, 3.63) is 71.5 Å². The fourth-order valence-electron chi connectivity index (χ4n) is 2.74. The molecule has 3 unspecified atom stereocenters. The Morgan fingerprint density at radius 1 is 1.23 bits per heavy atom. The van der Waals surface area contributed by atoms with E-state index in [4.69, 9.17) is 4.74 Å². The van der Waals surface area contributed by atoms with Crippen LogP contribution in [0.25, 0.3) is 0 Å². The summed E-state index contributed by atoms with van der Waals surface area (Å²) in [5.74, 6) is -0.209. The lowest BCUT2D eigenvalue weighted by Gasteiger charge is -2.15. The third-order valence-corrected chi connectivity index (χ3v) is 3.97. The van der Waals surface area contributed by atoms with Crippen LogP contribution in [0.1, 0.15) is 29.6 Å². The molecule has 1 aliphatic carbocycles. The van der Waals surface area contributed by atoms with E-state index in [-0.39, 0.29) is 23.7 Å². The zero-order valence-electron chi connectivity index (χ0n) is 12.3. The van der Waals surface area contributed by atoms with Crippen molar-refractivity contribution >= 4 is 5.91 Å².